The Morgan fingerprint density at radius 1 is 1.37 bits per heavy atom. The highest BCUT2D eigenvalue weighted by molar-refractivity contribution is 6.33. The van der Waals surface area contributed by atoms with Crippen molar-refractivity contribution < 1.29 is 9.59 Å². The third-order valence-corrected chi connectivity index (χ3v) is 2.67. The number of aromatic nitrogens is 1. The lowest BCUT2D eigenvalue weighted by atomic mass is 10.2. The Bertz CT molecular complexity index is 465. The number of hydrogen-bond donors (Lipinski definition) is 3. The predicted molar refractivity (Wildman–Crippen MR) is 74.4 cm³/mol. The van der Waals surface area contributed by atoms with Crippen LogP contribution in [0.1, 0.15) is 23.7 Å². The minimum atomic E-state index is -0.326. The Morgan fingerprint density at radius 3 is 2.74 bits per heavy atom. The molecular formula is C12H17ClN4O2. The van der Waals surface area contributed by atoms with Gasteiger partial charge >= 0.3 is 0 Å². The summed E-state index contributed by atoms with van der Waals surface area (Å²) in [6.45, 7) is 2.68. The maximum atomic E-state index is 11.9. The number of halogens is 1. The molecule has 2 amide bonds. The molecule has 0 atom stereocenters. The molecule has 1 heterocycles. The van der Waals surface area contributed by atoms with E-state index >= 15 is 0 Å². The molecule has 104 valence electrons. The first kappa shape index (κ1) is 15.2. The van der Waals surface area contributed by atoms with Crippen LogP contribution in [-0.2, 0) is 4.79 Å². The topological polar surface area (TPSA) is 83.1 Å². The molecule has 0 fully saturated rings. The second-order valence-corrected chi connectivity index (χ2v) is 4.17. The highest BCUT2D eigenvalue weighted by atomic mass is 35.5. The lowest BCUT2D eigenvalue weighted by Crippen LogP contribution is -2.30. The summed E-state index contributed by atoms with van der Waals surface area (Å²) >= 11 is 5.91. The zero-order valence-corrected chi connectivity index (χ0v) is 11.7. The van der Waals surface area contributed by atoms with Crippen LogP contribution in [-0.4, -0.2) is 36.9 Å². The molecule has 19 heavy (non-hydrogen) atoms. The van der Waals surface area contributed by atoms with Gasteiger partial charge in [0, 0.05) is 32.8 Å². The quantitative estimate of drug-likeness (QED) is 0.729. The summed E-state index contributed by atoms with van der Waals surface area (Å²) in [6.07, 6.45) is 1.65. The van der Waals surface area contributed by atoms with Crippen molar-refractivity contribution in [1.82, 2.24) is 15.6 Å². The van der Waals surface area contributed by atoms with Crippen LogP contribution in [0.15, 0.2) is 12.3 Å². The molecule has 0 aliphatic carbocycles. The number of nitrogens with zero attached hydrogens (tertiary/aromatic N) is 1. The second kappa shape index (κ2) is 7.58. The molecule has 3 N–H and O–H groups in total. The van der Waals surface area contributed by atoms with Crippen molar-refractivity contribution in [2.75, 3.05) is 25.5 Å². The number of carbonyl (C=O) groups excluding carboxylic acids is 2. The normalized spacial score (nSPS) is 9.84. The first-order valence-corrected chi connectivity index (χ1v) is 6.34. The van der Waals surface area contributed by atoms with E-state index in [4.69, 9.17) is 11.6 Å². The summed E-state index contributed by atoms with van der Waals surface area (Å²) in [7, 11) is 1.70. The number of amides is 2. The molecule has 0 spiro atoms. The highest BCUT2D eigenvalue weighted by Crippen LogP contribution is 2.17. The maximum Gasteiger partial charge on any atom is 0.253 e. The molecule has 0 aliphatic rings. The first-order chi connectivity index (χ1) is 9.08. The van der Waals surface area contributed by atoms with Gasteiger partial charge in [-0.05, 0) is 13.0 Å². The van der Waals surface area contributed by atoms with Gasteiger partial charge in [-0.1, -0.05) is 11.6 Å². The average Bonchev–Trinajstić information content (AvgIpc) is 2.39. The Hall–Kier alpha value is -1.82. The number of hydrogen-bond acceptors (Lipinski definition) is 4. The van der Waals surface area contributed by atoms with E-state index in [1.807, 2.05) is 6.92 Å². The molecule has 7 heteroatoms. The average molecular weight is 285 g/mol. The van der Waals surface area contributed by atoms with Crippen molar-refractivity contribution in [2.24, 2.45) is 0 Å². The van der Waals surface area contributed by atoms with Crippen molar-refractivity contribution in [3.05, 3.63) is 22.8 Å². The van der Waals surface area contributed by atoms with Crippen LogP contribution in [0, 0.1) is 0 Å². The van der Waals surface area contributed by atoms with Crippen molar-refractivity contribution in [3.8, 4) is 0 Å². The molecule has 6 nitrogen and oxygen atoms in total. The summed E-state index contributed by atoms with van der Waals surface area (Å²) in [6, 6.07) is 1.56. The molecule has 1 aromatic rings. The Labute approximate surface area is 116 Å². The Balaban J connectivity index is 2.56. The van der Waals surface area contributed by atoms with E-state index in [0.717, 1.165) is 0 Å². The zero-order valence-electron chi connectivity index (χ0n) is 10.9. The Kier molecular flexibility index (Phi) is 6.08. The van der Waals surface area contributed by atoms with Gasteiger partial charge in [-0.3, -0.25) is 9.59 Å². The third-order valence-electron chi connectivity index (χ3n) is 2.37. The standard InChI is InChI=1S/C12H17ClN4O2/c1-3-15-11(18)4-5-16-12(19)8-6-10(14-2)17-7-9(8)13/h6-7H,3-5H2,1-2H3,(H,14,17)(H,15,18)(H,16,19). The molecule has 0 saturated carbocycles. The van der Waals surface area contributed by atoms with Gasteiger partial charge in [0.05, 0.1) is 10.6 Å². The van der Waals surface area contributed by atoms with Crippen LogP contribution in [0.2, 0.25) is 5.02 Å². The minimum absolute atomic E-state index is 0.0976. The zero-order chi connectivity index (χ0) is 14.3. The second-order valence-electron chi connectivity index (χ2n) is 3.76. The van der Waals surface area contributed by atoms with Crippen LogP contribution in [0.5, 0.6) is 0 Å². The number of anilines is 1. The molecule has 0 aliphatic heterocycles. The van der Waals surface area contributed by atoms with Crippen molar-refractivity contribution >= 4 is 29.2 Å². The van der Waals surface area contributed by atoms with Crippen LogP contribution in [0.4, 0.5) is 5.82 Å². The number of rotatable bonds is 6. The molecule has 0 radical (unpaired) electrons. The van der Waals surface area contributed by atoms with Gasteiger partial charge in [-0.25, -0.2) is 4.98 Å². The van der Waals surface area contributed by atoms with E-state index < -0.39 is 0 Å². The molecule has 0 aromatic carbocycles. The Morgan fingerprint density at radius 2 is 2.11 bits per heavy atom. The molecule has 0 saturated heterocycles. The SMILES string of the molecule is CCNC(=O)CCNC(=O)c1cc(NC)ncc1Cl. The van der Waals surface area contributed by atoms with Crippen LogP contribution >= 0.6 is 11.6 Å². The molecule has 1 rings (SSSR count). The maximum absolute atomic E-state index is 11.9. The van der Waals surface area contributed by atoms with Gasteiger partial charge in [0.2, 0.25) is 5.91 Å². The summed E-state index contributed by atoms with van der Waals surface area (Å²) in [5.74, 6) is 0.131. The van der Waals surface area contributed by atoms with Gasteiger partial charge in [-0.2, -0.15) is 0 Å². The van der Waals surface area contributed by atoms with E-state index in [9.17, 15) is 9.59 Å². The predicted octanol–water partition coefficient (Wildman–Crippen LogP) is 1.03. The number of carbonyl (C=O) groups is 2. The summed E-state index contributed by atoms with van der Waals surface area (Å²) in [4.78, 5) is 27.1. The monoisotopic (exact) mass is 284 g/mol. The fourth-order valence-corrected chi connectivity index (χ4v) is 1.61. The lowest BCUT2D eigenvalue weighted by molar-refractivity contribution is -0.120. The lowest BCUT2D eigenvalue weighted by Gasteiger charge is -2.08. The largest absolute Gasteiger partial charge is 0.373 e. The van der Waals surface area contributed by atoms with Gasteiger partial charge in [-0.15, -0.1) is 0 Å². The molecule has 0 unspecified atom stereocenters. The first-order valence-electron chi connectivity index (χ1n) is 5.96. The van der Waals surface area contributed by atoms with Gasteiger partial charge in [0.15, 0.2) is 0 Å². The van der Waals surface area contributed by atoms with Crippen LogP contribution < -0.4 is 16.0 Å². The summed E-state index contributed by atoms with van der Waals surface area (Å²) in [5, 5.41) is 8.39. The van der Waals surface area contributed by atoms with E-state index in [1.54, 1.807) is 13.1 Å². The summed E-state index contributed by atoms with van der Waals surface area (Å²) in [5.41, 5.74) is 0.330. The van der Waals surface area contributed by atoms with Gasteiger partial charge in [0.25, 0.3) is 5.91 Å². The summed E-state index contributed by atoms with van der Waals surface area (Å²) < 4.78 is 0. The minimum Gasteiger partial charge on any atom is -0.373 e. The number of nitrogens with one attached hydrogen (secondary N) is 3. The van der Waals surface area contributed by atoms with Gasteiger partial charge in [0.1, 0.15) is 5.82 Å². The van der Waals surface area contributed by atoms with Gasteiger partial charge < -0.3 is 16.0 Å². The van der Waals surface area contributed by atoms with E-state index in [-0.39, 0.29) is 29.8 Å². The van der Waals surface area contributed by atoms with E-state index in [2.05, 4.69) is 20.9 Å². The smallest absolute Gasteiger partial charge is 0.253 e. The van der Waals surface area contributed by atoms with E-state index in [1.165, 1.54) is 6.20 Å². The molecule has 1 aromatic heterocycles. The highest BCUT2D eigenvalue weighted by Gasteiger charge is 2.11. The fourth-order valence-electron chi connectivity index (χ4n) is 1.42. The van der Waals surface area contributed by atoms with Crippen LogP contribution in [0.3, 0.4) is 0 Å². The fraction of sp³-hybridized carbons (Fsp3) is 0.417. The van der Waals surface area contributed by atoms with Crippen LogP contribution in [0.25, 0.3) is 0 Å². The van der Waals surface area contributed by atoms with Crippen molar-refractivity contribution in [3.63, 3.8) is 0 Å². The molecular weight excluding hydrogens is 268 g/mol. The van der Waals surface area contributed by atoms with E-state index in [0.29, 0.717) is 17.9 Å². The third kappa shape index (κ3) is 4.75. The molecule has 0 bridgehead atoms. The van der Waals surface area contributed by atoms with Crippen molar-refractivity contribution in [1.29, 1.82) is 0 Å². The number of pyridine rings is 1. The van der Waals surface area contributed by atoms with Crippen molar-refractivity contribution in [2.45, 2.75) is 13.3 Å².